The Balaban J connectivity index is 1.97. The summed E-state index contributed by atoms with van der Waals surface area (Å²) in [6.45, 7) is 14.7. The van der Waals surface area contributed by atoms with Crippen LogP contribution in [0.25, 0.3) is 0 Å². The molecule has 0 aromatic carbocycles. The molecule has 0 amide bonds. The Morgan fingerprint density at radius 2 is 2.11 bits per heavy atom. The zero-order chi connectivity index (χ0) is 13.9. The van der Waals surface area contributed by atoms with Crippen molar-refractivity contribution in [3.05, 3.63) is 0 Å². The van der Waals surface area contributed by atoms with E-state index in [4.69, 9.17) is 4.74 Å². The Labute approximate surface area is 119 Å². The van der Waals surface area contributed by atoms with Gasteiger partial charge in [-0.3, -0.25) is 4.90 Å². The van der Waals surface area contributed by atoms with Crippen LogP contribution < -0.4 is 5.32 Å². The number of hydrogen-bond donors (Lipinski definition) is 1. The molecular weight excluding hydrogens is 236 g/mol. The second kappa shape index (κ2) is 6.55. The first-order valence-corrected chi connectivity index (χ1v) is 8.13. The number of ether oxygens (including phenoxy) is 1. The summed E-state index contributed by atoms with van der Waals surface area (Å²) >= 11 is 0. The van der Waals surface area contributed by atoms with Crippen LogP contribution in [-0.2, 0) is 4.74 Å². The summed E-state index contributed by atoms with van der Waals surface area (Å²) in [5.74, 6) is 0.807. The van der Waals surface area contributed by atoms with Gasteiger partial charge in [0.1, 0.15) is 0 Å². The molecule has 2 fully saturated rings. The maximum absolute atomic E-state index is 5.63. The molecule has 3 nitrogen and oxygen atoms in total. The van der Waals surface area contributed by atoms with Crippen LogP contribution in [0.15, 0.2) is 0 Å². The van der Waals surface area contributed by atoms with Crippen molar-refractivity contribution in [2.24, 2.45) is 11.3 Å². The first kappa shape index (κ1) is 15.3. The van der Waals surface area contributed by atoms with E-state index in [2.05, 4.69) is 37.9 Å². The molecule has 1 saturated carbocycles. The van der Waals surface area contributed by atoms with Crippen molar-refractivity contribution in [3.8, 4) is 0 Å². The smallest absolute Gasteiger partial charge is 0.0622 e. The standard InChI is InChI=1S/C16H32N2O/c1-5-14-12-19-10-9-18(14)11-13-7-8-16(3,4)15(13)17-6-2/h13-15,17H,5-12H2,1-4H3. The molecule has 3 heteroatoms. The van der Waals surface area contributed by atoms with Crippen LogP contribution in [0, 0.1) is 11.3 Å². The van der Waals surface area contributed by atoms with Gasteiger partial charge in [-0.1, -0.05) is 27.7 Å². The topological polar surface area (TPSA) is 24.5 Å². The molecule has 1 heterocycles. The van der Waals surface area contributed by atoms with Crippen LogP contribution in [0.4, 0.5) is 0 Å². The van der Waals surface area contributed by atoms with Gasteiger partial charge in [0, 0.05) is 25.2 Å². The van der Waals surface area contributed by atoms with E-state index in [1.54, 1.807) is 0 Å². The zero-order valence-electron chi connectivity index (χ0n) is 13.2. The summed E-state index contributed by atoms with van der Waals surface area (Å²) < 4.78 is 5.63. The third kappa shape index (κ3) is 3.50. The summed E-state index contributed by atoms with van der Waals surface area (Å²) in [6, 6.07) is 1.32. The third-order valence-corrected chi connectivity index (χ3v) is 5.19. The number of nitrogens with zero attached hydrogens (tertiary/aromatic N) is 1. The minimum Gasteiger partial charge on any atom is -0.378 e. The molecule has 0 radical (unpaired) electrons. The van der Waals surface area contributed by atoms with E-state index in [9.17, 15) is 0 Å². The normalized spacial score (nSPS) is 35.7. The lowest BCUT2D eigenvalue weighted by molar-refractivity contribution is -0.0176. The van der Waals surface area contributed by atoms with Gasteiger partial charge in [0.2, 0.25) is 0 Å². The van der Waals surface area contributed by atoms with Crippen molar-refractivity contribution >= 4 is 0 Å². The highest BCUT2D eigenvalue weighted by atomic mass is 16.5. The summed E-state index contributed by atoms with van der Waals surface area (Å²) in [5.41, 5.74) is 0.453. The average molecular weight is 268 g/mol. The Bertz CT molecular complexity index is 280. The fraction of sp³-hybridized carbons (Fsp3) is 1.00. The van der Waals surface area contributed by atoms with Gasteiger partial charge in [0.25, 0.3) is 0 Å². The van der Waals surface area contributed by atoms with Gasteiger partial charge < -0.3 is 10.1 Å². The number of nitrogens with one attached hydrogen (secondary N) is 1. The molecule has 2 rings (SSSR count). The van der Waals surface area contributed by atoms with E-state index in [0.29, 0.717) is 17.5 Å². The largest absolute Gasteiger partial charge is 0.378 e. The monoisotopic (exact) mass is 268 g/mol. The van der Waals surface area contributed by atoms with Crippen molar-refractivity contribution in [3.63, 3.8) is 0 Å². The minimum atomic E-state index is 0.453. The first-order valence-electron chi connectivity index (χ1n) is 8.13. The van der Waals surface area contributed by atoms with Crippen molar-refractivity contribution in [2.45, 2.75) is 59.0 Å². The maximum Gasteiger partial charge on any atom is 0.0622 e. The van der Waals surface area contributed by atoms with Crippen LogP contribution in [0.1, 0.15) is 47.0 Å². The molecule has 3 unspecified atom stereocenters. The molecular formula is C16H32N2O. The van der Waals surface area contributed by atoms with Gasteiger partial charge >= 0.3 is 0 Å². The Hall–Kier alpha value is -0.120. The molecule has 0 aromatic rings. The summed E-state index contributed by atoms with van der Waals surface area (Å²) in [5, 5.41) is 3.75. The quantitative estimate of drug-likeness (QED) is 0.829. The molecule has 0 spiro atoms. The Morgan fingerprint density at radius 3 is 2.79 bits per heavy atom. The molecule has 2 aliphatic rings. The van der Waals surface area contributed by atoms with Crippen LogP contribution in [0.5, 0.6) is 0 Å². The summed E-state index contributed by atoms with van der Waals surface area (Å²) in [6.07, 6.45) is 3.94. The van der Waals surface area contributed by atoms with Gasteiger partial charge in [-0.2, -0.15) is 0 Å². The first-order chi connectivity index (χ1) is 9.08. The molecule has 0 aromatic heterocycles. The Morgan fingerprint density at radius 1 is 1.32 bits per heavy atom. The number of morpholine rings is 1. The molecule has 1 N–H and O–H groups in total. The third-order valence-electron chi connectivity index (χ3n) is 5.19. The van der Waals surface area contributed by atoms with Gasteiger partial charge in [-0.15, -0.1) is 0 Å². The molecule has 1 aliphatic heterocycles. The van der Waals surface area contributed by atoms with Crippen molar-refractivity contribution in [1.82, 2.24) is 10.2 Å². The Kier molecular flexibility index (Phi) is 5.27. The van der Waals surface area contributed by atoms with Crippen molar-refractivity contribution in [2.75, 3.05) is 32.8 Å². The fourth-order valence-corrected chi connectivity index (χ4v) is 3.98. The fourth-order valence-electron chi connectivity index (χ4n) is 3.98. The second-order valence-electron chi connectivity index (χ2n) is 6.95. The maximum atomic E-state index is 5.63. The molecule has 1 aliphatic carbocycles. The van der Waals surface area contributed by atoms with Gasteiger partial charge in [-0.05, 0) is 37.1 Å². The van der Waals surface area contributed by atoms with Crippen molar-refractivity contribution < 1.29 is 4.74 Å². The lowest BCUT2D eigenvalue weighted by Gasteiger charge is -2.39. The lowest BCUT2D eigenvalue weighted by atomic mass is 9.84. The van der Waals surface area contributed by atoms with Gasteiger partial charge in [-0.25, -0.2) is 0 Å². The highest BCUT2D eigenvalue weighted by Gasteiger charge is 2.42. The zero-order valence-corrected chi connectivity index (χ0v) is 13.2. The van der Waals surface area contributed by atoms with E-state index in [-0.39, 0.29) is 0 Å². The molecule has 112 valence electrons. The van der Waals surface area contributed by atoms with Crippen LogP contribution >= 0.6 is 0 Å². The molecule has 19 heavy (non-hydrogen) atoms. The van der Waals surface area contributed by atoms with E-state index < -0.39 is 0 Å². The van der Waals surface area contributed by atoms with Crippen LogP contribution in [0.3, 0.4) is 0 Å². The number of rotatable bonds is 5. The number of hydrogen-bond acceptors (Lipinski definition) is 3. The average Bonchev–Trinajstić information content (AvgIpc) is 2.67. The highest BCUT2D eigenvalue weighted by molar-refractivity contribution is 4.97. The van der Waals surface area contributed by atoms with Crippen molar-refractivity contribution in [1.29, 1.82) is 0 Å². The van der Waals surface area contributed by atoms with Gasteiger partial charge in [0.05, 0.1) is 13.2 Å². The minimum absolute atomic E-state index is 0.453. The molecule has 0 bridgehead atoms. The highest BCUT2D eigenvalue weighted by Crippen LogP contribution is 2.41. The van der Waals surface area contributed by atoms with E-state index in [0.717, 1.165) is 32.2 Å². The lowest BCUT2D eigenvalue weighted by Crippen LogP contribution is -2.51. The van der Waals surface area contributed by atoms with E-state index in [1.807, 2.05) is 0 Å². The van der Waals surface area contributed by atoms with Crippen LogP contribution in [-0.4, -0.2) is 49.8 Å². The predicted octanol–water partition coefficient (Wildman–Crippen LogP) is 2.51. The van der Waals surface area contributed by atoms with Crippen LogP contribution in [0.2, 0.25) is 0 Å². The predicted molar refractivity (Wildman–Crippen MR) is 80.4 cm³/mol. The molecule has 1 saturated heterocycles. The SMILES string of the molecule is CCNC1C(CN2CCOCC2CC)CCC1(C)C. The summed E-state index contributed by atoms with van der Waals surface area (Å²) in [7, 11) is 0. The summed E-state index contributed by atoms with van der Waals surface area (Å²) in [4.78, 5) is 2.68. The molecule has 3 atom stereocenters. The van der Waals surface area contributed by atoms with Gasteiger partial charge in [0.15, 0.2) is 0 Å². The van der Waals surface area contributed by atoms with E-state index >= 15 is 0 Å². The second-order valence-corrected chi connectivity index (χ2v) is 6.95. The van der Waals surface area contributed by atoms with E-state index in [1.165, 1.54) is 25.8 Å².